The first-order chi connectivity index (χ1) is 9.74. The van der Waals surface area contributed by atoms with E-state index in [1.807, 2.05) is 42.5 Å². The molecule has 0 aliphatic carbocycles. The van der Waals surface area contributed by atoms with E-state index in [1.54, 1.807) is 24.5 Å². The van der Waals surface area contributed by atoms with Crippen LogP contribution in [0.5, 0.6) is 0 Å². The zero-order valence-electron chi connectivity index (χ0n) is 10.6. The van der Waals surface area contributed by atoms with Gasteiger partial charge in [-0.1, -0.05) is 36.4 Å². The van der Waals surface area contributed by atoms with Gasteiger partial charge in [-0.25, -0.2) is 4.79 Å². The number of hydrogen-bond donors (Lipinski definition) is 1. The summed E-state index contributed by atoms with van der Waals surface area (Å²) in [5, 5.41) is 9.01. The number of rotatable bonds is 3. The van der Waals surface area contributed by atoms with E-state index >= 15 is 0 Å². The van der Waals surface area contributed by atoms with Gasteiger partial charge < -0.3 is 9.52 Å². The fraction of sp³-hybridized carbons (Fsp3) is 0. The largest absolute Gasteiger partial charge is 0.478 e. The summed E-state index contributed by atoms with van der Waals surface area (Å²) < 4.78 is 5.34. The first-order valence-electron chi connectivity index (χ1n) is 6.22. The van der Waals surface area contributed by atoms with Crippen LogP contribution in [0.2, 0.25) is 0 Å². The van der Waals surface area contributed by atoms with Crippen LogP contribution in [0.1, 0.15) is 10.4 Å². The van der Waals surface area contributed by atoms with Crippen molar-refractivity contribution in [2.24, 2.45) is 0 Å². The molecule has 0 unspecified atom stereocenters. The number of carboxylic acids is 1. The first-order valence-corrected chi connectivity index (χ1v) is 6.22. The zero-order valence-corrected chi connectivity index (χ0v) is 10.6. The van der Waals surface area contributed by atoms with Crippen LogP contribution in [0.25, 0.3) is 22.5 Å². The molecular formula is C17H12O3. The molecule has 3 heteroatoms. The Kier molecular flexibility index (Phi) is 3.09. The molecule has 1 N–H and O–H groups in total. The van der Waals surface area contributed by atoms with Gasteiger partial charge in [0.25, 0.3) is 0 Å². The van der Waals surface area contributed by atoms with E-state index in [0.717, 1.165) is 22.5 Å². The molecule has 1 heterocycles. The van der Waals surface area contributed by atoms with Crippen LogP contribution in [0.15, 0.2) is 71.3 Å². The molecule has 0 fully saturated rings. The van der Waals surface area contributed by atoms with E-state index in [9.17, 15) is 4.79 Å². The van der Waals surface area contributed by atoms with Crippen LogP contribution < -0.4 is 0 Å². The second-order valence-corrected chi connectivity index (χ2v) is 4.44. The van der Waals surface area contributed by atoms with Crippen molar-refractivity contribution in [3.05, 3.63) is 72.5 Å². The van der Waals surface area contributed by atoms with Gasteiger partial charge in [0.15, 0.2) is 0 Å². The molecule has 0 amide bonds. The average molecular weight is 264 g/mol. The summed E-state index contributed by atoms with van der Waals surface area (Å²) in [5.41, 5.74) is 3.14. The predicted molar refractivity (Wildman–Crippen MR) is 76.5 cm³/mol. The van der Waals surface area contributed by atoms with E-state index in [2.05, 4.69) is 0 Å². The molecule has 0 spiro atoms. The van der Waals surface area contributed by atoms with Gasteiger partial charge in [0.1, 0.15) is 5.76 Å². The summed E-state index contributed by atoms with van der Waals surface area (Å²) in [4.78, 5) is 11.0. The normalized spacial score (nSPS) is 10.4. The van der Waals surface area contributed by atoms with Gasteiger partial charge in [0.05, 0.1) is 11.8 Å². The van der Waals surface area contributed by atoms with E-state index in [1.165, 1.54) is 0 Å². The molecular weight excluding hydrogens is 252 g/mol. The van der Waals surface area contributed by atoms with Crippen LogP contribution in [0, 0.1) is 0 Å². The molecule has 0 bridgehead atoms. The topological polar surface area (TPSA) is 50.4 Å². The average Bonchev–Trinajstić information content (AvgIpc) is 3.02. The van der Waals surface area contributed by atoms with E-state index in [-0.39, 0.29) is 5.56 Å². The third kappa shape index (κ3) is 2.34. The Morgan fingerprint density at radius 2 is 1.60 bits per heavy atom. The lowest BCUT2D eigenvalue weighted by Crippen LogP contribution is -1.95. The van der Waals surface area contributed by atoms with Crippen molar-refractivity contribution >= 4 is 5.97 Å². The number of furan rings is 1. The highest BCUT2D eigenvalue weighted by atomic mass is 16.4. The molecule has 2 aromatic carbocycles. The zero-order chi connectivity index (χ0) is 13.9. The Morgan fingerprint density at radius 3 is 2.25 bits per heavy atom. The summed E-state index contributed by atoms with van der Waals surface area (Å²) in [5.74, 6) is -0.102. The van der Waals surface area contributed by atoms with Crippen molar-refractivity contribution in [2.75, 3.05) is 0 Å². The number of carbonyl (C=O) groups is 1. The maximum absolute atomic E-state index is 11.0. The van der Waals surface area contributed by atoms with Gasteiger partial charge in [-0.05, 0) is 35.4 Å². The summed E-state index contributed by atoms with van der Waals surface area (Å²) in [6.45, 7) is 0. The lowest BCUT2D eigenvalue weighted by atomic mass is 10.0. The van der Waals surface area contributed by atoms with Crippen molar-refractivity contribution in [3.63, 3.8) is 0 Å². The second kappa shape index (κ2) is 5.05. The van der Waals surface area contributed by atoms with Gasteiger partial charge in [0.2, 0.25) is 0 Å². The number of carboxylic acid groups (broad SMARTS) is 1. The Morgan fingerprint density at radius 1 is 0.850 bits per heavy atom. The lowest BCUT2D eigenvalue weighted by molar-refractivity contribution is 0.0697. The smallest absolute Gasteiger partial charge is 0.335 e. The summed E-state index contributed by atoms with van der Waals surface area (Å²) in [6, 6.07) is 18.5. The summed E-state index contributed by atoms with van der Waals surface area (Å²) in [7, 11) is 0. The minimum atomic E-state index is -0.918. The second-order valence-electron chi connectivity index (χ2n) is 4.44. The molecule has 3 aromatic rings. The van der Waals surface area contributed by atoms with E-state index < -0.39 is 5.97 Å². The SMILES string of the molecule is O=C(O)c1cccc(-c2ccc(-c3ccco3)cc2)c1. The minimum absolute atomic E-state index is 0.289. The van der Waals surface area contributed by atoms with Crippen molar-refractivity contribution in [1.82, 2.24) is 0 Å². The number of benzene rings is 2. The molecule has 3 nitrogen and oxygen atoms in total. The molecule has 0 saturated carbocycles. The van der Waals surface area contributed by atoms with Gasteiger partial charge in [-0.3, -0.25) is 0 Å². The standard InChI is InChI=1S/C17H12O3/c18-17(19)15-4-1-3-14(11-15)12-6-8-13(9-7-12)16-5-2-10-20-16/h1-11H,(H,18,19). The maximum Gasteiger partial charge on any atom is 0.335 e. The predicted octanol–water partition coefficient (Wildman–Crippen LogP) is 4.31. The minimum Gasteiger partial charge on any atom is -0.478 e. The van der Waals surface area contributed by atoms with Crippen LogP contribution in [-0.2, 0) is 0 Å². The van der Waals surface area contributed by atoms with E-state index in [4.69, 9.17) is 9.52 Å². The maximum atomic E-state index is 11.0. The van der Waals surface area contributed by atoms with Gasteiger partial charge in [-0.15, -0.1) is 0 Å². The highest BCUT2D eigenvalue weighted by Crippen LogP contribution is 2.25. The summed E-state index contributed by atoms with van der Waals surface area (Å²) >= 11 is 0. The van der Waals surface area contributed by atoms with Gasteiger partial charge in [-0.2, -0.15) is 0 Å². The third-order valence-corrected chi connectivity index (χ3v) is 3.13. The van der Waals surface area contributed by atoms with E-state index in [0.29, 0.717) is 0 Å². The summed E-state index contributed by atoms with van der Waals surface area (Å²) in [6.07, 6.45) is 1.64. The Labute approximate surface area is 116 Å². The van der Waals surface area contributed by atoms with Gasteiger partial charge in [0, 0.05) is 5.56 Å². The molecule has 1 aromatic heterocycles. The Bertz CT molecular complexity index is 725. The molecule has 0 aliphatic heterocycles. The molecule has 3 rings (SSSR count). The molecule has 98 valence electrons. The molecule has 0 saturated heterocycles. The number of aromatic carboxylic acids is 1. The fourth-order valence-corrected chi connectivity index (χ4v) is 2.10. The van der Waals surface area contributed by atoms with Crippen LogP contribution in [-0.4, -0.2) is 11.1 Å². The first kappa shape index (κ1) is 12.2. The molecule has 0 radical (unpaired) electrons. The van der Waals surface area contributed by atoms with Crippen molar-refractivity contribution in [1.29, 1.82) is 0 Å². The monoisotopic (exact) mass is 264 g/mol. The van der Waals surface area contributed by atoms with Crippen LogP contribution in [0.4, 0.5) is 0 Å². The number of hydrogen-bond acceptors (Lipinski definition) is 2. The highest BCUT2D eigenvalue weighted by Gasteiger charge is 2.05. The van der Waals surface area contributed by atoms with Crippen molar-refractivity contribution in [2.45, 2.75) is 0 Å². The van der Waals surface area contributed by atoms with Crippen LogP contribution >= 0.6 is 0 Å². The highest BCUT2D eigenvalue weighted by molar-refractivity contribution is 5.89. The molecule has 20 heavy (non-hydrogen) atoms. The third-order valence-electron chi connectivity index (χ3n) is 3.13. The lowest BCUT2D eigenvalue weighted by Gasteiger charge is -2.04. The quantitative estimate of drug-likeness (QED) is 0.766. The molecule has 0 aliphatic rings. The van der Waals surface area contributed by atoms with Gasteiger partial charge >= 0.3 is 5.97 Å². The fourth-order valence-electron chi connectivity index (χ4n) is 2.10. The molecule has 0 atom stereocenters. The Hall–Kier alpha value is -2.81. The van der Waals surface area contributed by atoms with Crippen LogP contribution in [0.3, 0.4) is 0 Å². The van der Waals surface area contributed by atoms with Crippen molar-refractivity contribution in [3.8, 4) is 22.5 Å². The van der Waals surface area contributed by atoms with Crippen molar-refractivity contribution < 1.29 is 14.3 Å². The Balaban J connectivity index is 1.95.